The van der Waals surface area contributed by atoms with E-state index in [0.29, 0.717) is 0 Å². The highest BCUT2D eigenvalue weighted by molar-refractivity contribution is 7.14. The van der Waals surface area contributed by atoms with Crippen LogP contribution in [0.2, 0.25) is 0 Å². The summed E-state index contributed by atoms with van der Waals surface area (Å²) in [7, 11) is 0. The monoisotopic (exact) mass is 232 g/mol. The molecule has 0 spiro atoms. The van der Waals surface area contributed by atoms with Gasteiger partial charge in [0.05, 0.1) is 4.88 Å². The molecule has 1 aromatic carbocycles. The summed E-state index contributed by atoms with van der Waals surface area (Å²) in [5.41, 5.74) is 0. The molecular formula is C13H12O2S. The van der Waals surface area contributed by atoms with Crippen molar-refractivity contribution in [1.29, 1.82) is 0 Å². The van der Waals surface area contributed by atoms with Gasteiger partial charge in [0.2, 0.25) is 5.78 Å². The summed E-state index contributed by atoms with van der Waals surface area (Å²) in [6.45, 7) is 2.09. The van der Waals surface area contributed by atoms with E-state index < -0.39 is 0 Å². The molecule has 0 N–H and O–H groups in total. The van der Waals surface area contributed by atoms with Gasteiger partial charge in [0, 0.05) is 4.88 Å². The van der Waals surface area contributed by atoms with Crippen LogP contribution in [0.4, 0.5) is 0 Å². The highest BCUT2D eigenvalue weighted by atomic mass is 32.1. The third-order valence-corrected chi connectivity index (χ3v) is 3.17. The first-order valence-corrected chi connectivity index (χ1v) is 5.85. The molecule has 82 valence electrons. The Morgan fingerprint density at radius 1 is 1.19 bits per heavy atom. The lowest BCUT2D eigenvalue weighted by molar-refractivity contribution is 0.0925. The molecule has 2 nitrogen and oxygen atoms in total. The molecule has 0 amide bonds. The van der Waals surface area contributed by atoms with Crippen LogP contribution in [-0.2, 0) is 0 Å². The van der Waals surface area contributed by atoms with E-state index in [1.165, 1.54) is 11.3 Å². The lowest BCUT2D eigenvalue weighted by atomic mass is 10.3. The van der Waals surface area contributed by atoms with Crippen LogP contribution >= 0.6 is 11.3 Å². The molecular weight excluding hydrogens is 220 g/mol. The Hall–Kier alpha value is -1.61. The largest absolute Gasteiger partial charge is 0.485 e. The minimum absolute atomic E-state index is 0.0296. The molecule has 0 bridgehead atoms. The number of Topliss-reactive ketones (excluding diaryl/α,β-unsaturated/α-hetero) is 1. The number of carbonyl (C=O) groups excluding carboxylic acids is 1. The van der Waals surface area contributed by atoms with Gasteiger partial charge in [-0.15, -0.1) is 11.3 Å². The van der Waals surface area contributed by atoms with Crippen molar-refractivity contribution in [1.82, 2.24) is 0 Å². The van der Waals surface area contributed by atoms with E-state index in [1.54, 1.807) is 0 Å². The molecule has 16 heavy (non-hydrogen) atoms. The van der Waals surface area contributed by atoms with Crippen molar-refractivity contribution in [3.8, 4) is 5.75 Å². The number of hydrogen-bond acceptors (Lipinski definition) is 3. The van der Waals surface area contributed by atoms with Crippen molar-refractivity contribution in [3.63, 3.8) is 0 Å². The number of aryl methyl sites for hydroxylation is 1. The second-order valence-electron chi connectivity index (χ2n) is 3.44. The summed E-state index contributed by atoms with van der Waals surface area (Å²) in [6.07, 6.45) is 0. The molecule has 1 aromatic heterocycles. The molecule has 0 unspecified atom stereocenters. The minimum Gasteiger partial charge on any atom is -0.485 e. The predicted octanol–water partition coefficient (Wildman–Crippen LogP) is 3.32. The van der Waals surface area contributed by atoms with Crippen molar-refractivity contribution in [2.24, 2.45) is 0 Å². The van der Waals surface area contributed by atoms with Crippen molar-refractivity contribution < 1.29 is 9.53 Å². The van der Waals surface area contributed by atoms with Gasteiger partial charge in [0.15, 0.2) is 6.61 Å². The first-order valence-electron chi connectivity index (χ1n) is 5.03. The highest BCUT2D eigenvalue weighted by Gasteiger charge is 2.08. The fourth-order valence-corrected chi connectivity index (χ4v) is 2.11. The number of carbonyl (C=O) groups is 1. The smallest absolute Gasteiger partial charge is 0.210 e. The number of para-hydroxylation sites is 1. The molecule has 0 saturated carbocycles. The van der Waals surface area contributed by atoms with Crippen molar-refractivity contribution in [2.45, 2.75) is 6.92 Å². The average molecular weight is 232 g/mol. The van der Waals surface area contributed by atoms with Gasteiger partial charge in [-0.05, 0) is 31.2 Å². The predicted molar refractivity (Wildman–Crippen MR) is 65.3 cm³/mol. The first kappa shape index (κ1) is 10.9. The number of ether oxygens (including phenoxy) is 1. The summed E-state index contributed by atoms with van der Waals surface area (Å²) in [5, 5.41) is 0. The van der Waals surface area contributed by atoms with Gasteiger partial charge in [-0.2, -0.15) is 0 Å². The van der Waals surface area contributed by atoms with Gasteiger partial charge in [0.25, 0.3) is 0 Å². The molecule has 1 heterocycles. The van der Waals surface area contributed by atoms with E-state index in [-0.39, 0.29) is 12.4 Å². The van der Waals surface area contributed by atoms with E-state index in [2.05, 4.69) is 0 Å². The summed E-state index contributed by atoms with van der Waals surface area (Å²) in [5.74, 6) is 0.756. The van der Waals surface area contributed by atoms with Crippen LogP contribution in [0.5, 0.6) is 5.75 Å². The summed E-state index contributed by atoms with van der Waals surface area (Å²) in [6, 6.07) is 13.2. The molecule has 2 rings (SSSR count). The fraction of sp³-hybridized carbons (Fsp3) is 0.154. The number of thiophene rings is 1. The fourth-order valence-electron chi connectivity index (χ4n) is 1.32. The molecule has 0 saturated heterocycles. The van der Waals surface area contributed by atoms with Crippen LogP contribution < -0.4 is 4.74 Å². The average Bonchev–Trinajstić information content (AvgIpc) is 2.74. The molecule has 0 aliphatic rings. The van der Waals surface area contributed by atoms with E-state index in [4.69, 9.17) is 4.74 Å². The second kappa shape index (κ2) is 4.94. The zero-order valence-corrected chi connectivity index (χ0v) is 9.79. The quantitative estimate of drug-likeness (QED) is 0.756. The SMILES string of the molecule is Cc1ccc(C(=O)COc2ccccc2)s1. The zero-order valence-electron chi connectivity index (χ0n) is 8.97. The maximum absolute atomic E-state index is 11.7. The van der Waals surface area contributed by atoms with Crippen LogP contribution in [0.15, 0.2) is 42.5 Å². The third kappa shape index (κ3) is 2.70. The lowest BCUT2D eigenvalue weighted by Gasteiger charge is -2.03. The lowest BCUT2D eigenvalue weighted by Crippen LogP contribution is -2.09. The Bertz CT molecular complexity index is 474. The molecule has 0 fully saturated rings. The Morgan fingerprint density at radius 2 is 1.94 bits per heavy atom. The maximum Gasteiger partial charge on any atom is 0.210 e. The molecule has 0 atom stereocenters. The van der Waals surface area contributed by atoms with Gasteiger partial charge in [-0.1, -0.05) is 18.2 Å². The first-order chi connectivity index (χ1) is 7.75. The second-order valence-corrected chi connectivity index (χ2v) is 4.72. The number of benzene rings is 1. The summed E-state index contributed by atoms with van der Waals surface area (Å²) >= 11 is 1.50. The summed E-state index contributed by atoms with van der Waals surface area (Å²) < 4.78 is 5.39. The number of rotatable bonds is 4. The van der Waals surface area contributed by atoms with Crippen LogP contribution in [0.1, 0.15) is 14.5 Å². The van der Waals surface area contributed by atoms with Gasteiger partial charge in [0.1, 0.15) is 5.75 Å². The van der Waals surface area contributed by atoms with Crippen LogP contribution in [0.3, 0.4) is 0 Å². The highest BCUT2D eigenvalue weighted by Crippen LogP contribution is 2.16. The summed E-state index contributed by atoms with van der Waals surface area (Å²) in [4.78, 5) is 13.6. The van der Waals surface area contributed by atoms with Crippen molar-refractivity contribution in [3.05, 3.63) is 52.2 Å². The van der Waals surface area contributed by atoms with Crippen molar-refractivity contribution in [2.75, 3.05) is 6.61 Å². The Labute approximate surface area is 98.5 Å². The molecule has 0 aliphatic heterocycles. The molecule has 2 aromatic rings. The van der Waals surface area contributed by atoms with E-state index in [1.807, 2.05) is 49.4 Å². The van der Waals surface area contributed by atoms with Gasteiger partial charge >= 0.3 is 0 Å². The standard InChI is InChI=1S/C13H12O2S/c1-10-7-8-13(16-10)12(14)9-15-11-5-3-2-4-6-11/h2-8H,9H2,1H3. The van der Waals surface area contributed by atoms with Crippen LogP contribution in [0, 0.1) is 6.92 Å². The van der Waals surface area contributed by atoms with Gasteiger partial charge < -0.3 is 4.74 Å². The van der Waals surface area contributed by atoms with E-state index in [0.717, 1.165) is 15.5 Å². The third-order valence-electron chi connectivity index (χ3n) is 2.13. The molecule has 0 radical (unpaired) electrons. The van der Waals surface area contributed by atoms with Gasteiger partial charge in [-0.25, -0.2) is 0 Å². The number of ketones is 1. The van der Waals surface area contributed by atoms with E-state index in [9.17, 15) is 4.79 Å². The normalized spacial score (nSPS) is 10.1. The molecule has 3 heteroatoms. The van der Waals surface area contributed by atoms with Crippen molar-refractivity contribution >= 4 is 17.1 Å². The zero-order chi connectivity index (χ0) is 11.4. The van der Waals surface area contributed by atoms with E-state index >= 15 is 0 Å². The maximum atomic E-state index is 11.7. The molecule has 0 aliphatic carbocycles. The number of hydrogen-bond donors (Lipinski definition) is 0. The van der Waals surface area contributed by atoms with Crippen LogP contribution in [-0.4, -0.2) is 12.4 Å². The van der Waals surface area contributed by atoms with Crippen LogP contribution in [0.25, 0.3) is 0 Å². The minimum atomic E-state index is 0.0296. The Morgan fingerprint density at radius 3 is 2.56 bits per heavy atom. The Kier molecular flexibility index (Phi) is 3.37. The Balaban J connectivity index is 1.94. The van der Waals surface area contributed by atoms with Gasteiger partial charge in [-0.3, -0.25) is 4.79 Å². The topological polar surface area (TPSA) is 26.3 Å².